The fourth-order valence-electron chi connectivity index (χ4n) is 2.56. The quantitative estimate of drug-likeness (QED) is 0.756. The summed E-state index contributed by atoms with van der Waals surface area (Å²) >= 11 is 5.85. The van der Waals surface area contributed by atoms with Crippen LogP contribution >= 0.6 is 11.6 Å². The van der Waals surface area contributed by atoms with Crippen LogP contribution in [0.15, 0.2) is 18.2 Å². The lowest BCUT2D eigenvalue weighted by Gasteiger charge is -2.22. The van der Waals surface area contributed by atoms with Gasteiger partial charge in [-0.15, -0.1) is 0 Å². The lowest BCUT2D eigenvalue weighted by molar-refractivity contribution is -0.133. The first kappa shape index (κ1) is 19.2. The normalized spacial score (nSPS) is 20.2. The molecule has 6 nitrogen and oxygen atoms in total. The average molecular weight is 370 g/mol. The molecule has 0 aromatic heterocycles. The van der Waals surface area contributed by atoms with E-state index in [2.05, 4.69) is 10.6 Å². The van der Waals surface area contributed by atoms with E-state index in [0.29, 0.717) is 12.3 Å². The number of halogens is 2. The highest BCUT2D eigenvalue weighted by Crippen LogP contribution is 2.25. The van der Waals surface area contributed by atoms with E-state index in [0.717, 1.165) is 23.5 Å². The summed E-state index contributed by atoms with van der Waals surface area (Å²) in [4.78, 5) is 37.6. The van der Waals surface area contributed by atoms with Crippen molar-refractivity contribution in [1.29, 1.82) is 0 Å². The van der Waals surface area contributed by atoms with Crippen molar-refractivity contribution in [2.24, 2.45) is 5.92 Å². The minimum Gasteiger partial charge on any atom is -0.323 e. The van der Waals surface area contributed by atoms with Crippen molar-refractivity contribution >= 4 is 35.1 Å². The van der Waals surface area contributed by atoms with E-state index < -0.39 is 35.7 Å². The molecule has 0 bridgehead atoms. The van der Waals surface area contributed by atoms with Crippen molar-refractivity contribution in [3.63, 3.8) is 0 Å². The maximum absolute atomic E-state index is 13.0. The van der Waals surface area contributed by atoms with Crippen LogP contribution in [0.1, 0.15) is 33.6 Å². The maximum atomic E-state index is 13.0. The van der Waals surface area contributed by atoms with E-state index in [1.54, 1.807) is 6.92 Å². The minimum atomic E-state index is -1.00. The standard InChI is InChI=1S/C17H21ClFN3O3/c1-10(2)6-7-17(3)15(24)22(16(25)21-17)9-14(23)20-13-5-4-11(19)8-12(13)18/h4-5,8,10H,6-7,9H2,1-3H3,(H,20,23)(H,21,25)/t17-/m1/s1. The topological polar surface area (TPSA) is 78.5 Å². The van der Waals surface area contributed by atoms with E-state index in [1.165, 1.54) is 6.07 Å². The number of amides is 4. The van der Waals surface area contributed by atoms with E-state index >= 15 is 0 Å². The van der Waals surface area contributed by atoms with E-state index in [-0.39, 0.29) is 10.7 Å². The molecule has 1 fully saturated rings. The first-order valence-corrected chi connectivity index (χ1v) is 8.39. The number of hydrogen-bond acceptors (Lipinski definition) is 3. The summed E-state index contributed by atoms with van der Waals surface area (Å²) in [5, 5.41) is 5.16. The maximum Gasteiger partial charge on any atom is 0.325 e. The number of urea groups is 1. The van der Waals surface area contributed by atoms with Crippen molar-refractivity contribution in [3.8, 4) is 0 Å². The second-order valence-corrected chi connectivity index (χ2v) is 7.17. The summed E-state index contributed by atoms with van der Waals surface area (Å²) in [5.74, 6) is -1.17. The Morgan fingerprint density at radius 3 is 2.68 bits per heavy atom. The van der Waals surface area contributed by atoms with Crippen molar-refractivity contribution < 1.29 is 18.8 Å². The van der Waals surface area contributed by atoms with Crippen LogP contribution in [-0.4, -0.2) is 34.8 Å². The smallest absolute Gasteiger partial charge is 0.323 e. The molecule has 1 aromatic carbocycles. The molecule has 1 atom stereocenters. The number of anilines is 1. The first-order valence-electron chi connectivity index (χ1n) is 8.01. The van der Waals surface area contributed by atoms with Crippen LogP contribution in [0, 0.1) is 11.7 Å². The van der Waals surface area contributed by atoms with Crippen molar-refractivity contribution in [2.75, 3.05) is 11.9 Å². The predicted molar refractivity (Wildman–Crippen MR) is 92.8 cm³/mol. The zero-order valence-electron chi connectivity index (χ0n) is 14.4. The summed E-state index contributed by atoms with van der Waals surface area (Å²) in [5.41, 5.74) is -0.794. The molecule has 2 N–H and O–H groups in total. The van der Waals surface area contributed by atoms with Crippen LogP contribution < -0.4 is 10.6 Å². The Morgan fingerprint density at radius 2 is 2.08 bits per heavy atom. The van der Waals surface area contributed by atoms with Crippen molar-refractivity contribution in [3.05, 3.63) is 29.0 Å². The van der Waals surface area contributed by atoms with Crippen LogP contribution in [-0.2, 0) is 9.59 Å². The number of nitrogens with one attached hydrogen (secondary N) is 2. The molecule has 136 valence electrons. The number of nitrogens with zero attached hydrogens (tertiary/aromatic N) is 1. The van der Waals surface area contributed by atoms with Gasteiger partial charge in [0.1, 0.15) is 17.9 Å². The predicted octanol–water partition coefficient (Wildman–Crippen LogP) is 3.16. The third-order valence-electron chi connectivity index (χ3n) is 4.07. The van der Waals surface area contributed by atoms with Gasteiger partial charge in [-0.1, -0.05) is 25.4 Å². The highest BCUT2D eigenvalue weighted by atomic mass is 35.5. The third-order valence-corrected chi connectivity index (χ3v) is 4.39. The Hall–Kier alpha value is -2.15. The van der Waals surface area contributed by atoms with Crippen LogP contribution in [0.4, 0.5) is 14.9 Å². The molecule has 1 aliphatic rings. The number of rotatable bonds is 6. The lowest BCUT2D eigenvalue weighted by Crippen LogP contribution is -2.44. The van der Waals surface area contributed by atoms with Crippen LogP contribution in [0.5, 0.6) is 0 Å². The SMILES string of the molecule is CC(C)CC[C@@]1(C)NC(=O)N(CC(=O)Nc2ccc(F)cc2Cl)C1=O. The second kappa shape index (κ2) is 7.39. The van der Waals surface area contributed by atoms with Gasteiger partial charge >= 0.3 is 6.03 Å². The summed E-state index contributed by atoms with van der Waals surface area (Å²) in [6.07, 6.45) is 1.27. The van der Waals surface area contributed by atoms with E-state index in [1.807, 2.05) is 13.8 Å². The number of hydrogen-bond donors (Lipinski definition) is 2. The van der Waals surface area contributed by atoms with Crippen LogP contribution in [0.2, 0.25) is 5.02 Å². The Morgan fingerprint density at radius 1 is 1.40 bits per heavy atom. The van der Waals surface area contributed by atoms with Crippen molar-refractivity contribution in [1.82, 2.24) is 10.2 Å². The highest BCUT2D eigenvalue weighted by Gasteiger charge is 2.47. The molecule has 1 heterocycles. The zero-order chi connectivity index (χ0) is 18.8. The third kappa shape index (κ3) is 4.48. The average Bonchev–Trinajstić information content (AvgIpc) is 2.72. The molecular formula is C17H21ClFN3O3. The Bertz CT molecular complexity index is 710. The number of benzene rings is 1. The summed E-state index contributed by atoms with van der Waals surface area (Å²) in [6, 6.07) is 2.93. The number of carbonyl (C=O) groups excluding carboxylic acids is 3. The van der Waals surface area contributed by atoms with Crippen molar-refractivity contribution in [2.45, 2.75) is 39.2 Å². The molecule has 0 spiro atoms. The van der Waals surface area contributed by atoms with Gasteiger partial charge < -0.3 is 10.6 Å². The van der Waals surface area contributed by atoms with Gasteiger partial charge in [0.05, 0.1) is 10.7 Å². The molecule has 0 saturated carbocycles. The highest BCUT2D eigenvalue weighted by molar-refractivity contribution is 6.33. The Kier molecular flexibility index (Phi) is 5.67. The molecular weight excluding hydrogens is 349 g/mol. The number of imide groups is 1. The molecule has 0 unspecified atom stereocenters. The van der Waals surface area contributed by atoms with E-state index in [9.17, 15) is 18.8 Å². The first-order chi connectivity index (χ1) is 11.6. The monoisotopic (exact) mass is 369 g/mol. The Labute approximate surface area is 150 Å². The second-order valence-electron chi connectivity index (χ2n) is 6.76. The van der Waals surface area contributed by atoms with Crippen LogP contribution in [0.25, 0.3) is 0 Å². The molecule has 1 saturated heterocycles. The Balaban J connectivity index is 2.03. The van der Waals surface area contributed by atoms with Gasteiger partial charge in [-0.25, -0.2) is 9.18 Å². The molecule has 2 rings (SSSR count). The van der Waals surface area contributed by atoms with Gasteiger partial charge in [-0.2, -0.15) is 0 Å². The van der Waals surface area contributed by atoms with Crippen LogP contribution in [0.3, 0.4) is 0 Å². The fourth-order valence-corrected chi connectivity index (χ4v) is 2.78. The summed E-state index contributed by atoms with van der Waals surface area (Å²) < 4.78 is 13.0. The van der Waals surface area contributed by atoms with Gasteiger partial charge in [0, 0.05) is 0 Å². The molecule has 4 amide bonds. The fraction of sp³-hybridized carbons (Fsp3) is 0.471. The van der Waals surface area contributed by atoms with Gasteiger partial charge in [0.15, 0.2) is 0 Å². The van der Waals surface area contributed by atoms with Gasteiger partial charge in [-0.05, 0) is 43.9 Å². The molecule has 0 radical (unpaired) electrons. The summed E-state index contributed by atoms with van der Waals surface area (Å²) in [6.45, 7) is 5.28. The van der Waals surface area contributed by atoms with Gasteiger partial charge in [0.25, 0.3) is 5.91 Å². The summed E-state index contributed by atoms with van der Waals surface area (Å²) in [7, 11) is 0. The minimum absolute atomic E-state index is 0.0346. The molecule has 8 heteroatoms. The largest absolute Gasteiger partial charge is 0.325 e. The molecule has 1 aromatic rings. The number of carbonyl (C=O) groups is 3. The molecule has 25 heavy (non-hydrogen) atoms. The van der Waals surface area contributed by atoms with Gasteiger partial charge in [0.2, 0.25) is 5.91 Å². The van der Waals surface area contributed by atoms with Gasteiger partial charge in [-0.3, -0.25) is 14.5 Å². The molecule has 0 aliphatic carbocycles. The lowest BCUT2D eigenvalue weighted by atomic mass is 9.92. The molecule has 1 aliphatic heterocycles. The van der Waals surface area contributed by atoms with E-state index in [4.69, 9.17) is 11.6 Å². The zero-order valence-corrected chi connectivity index (χ0v) is 15.1.